The third-order valence-electron chi connectivity index (χ3n) is 3.50. The van der Waals surface area contributed by atoms with E-state index in [0.717, 1.165) is 17.2 Å². The Hall–Kier alpha value is -1.69. The quantitative estimate of drug-likeness (QED) is 0.794. The van der Waals surface area contributed by atoms with E-state index in [-0.39, 0.29) is 12.3 Å². The summed E-state index contributed by atoms with van der Waals surface area (Å²) in [4.78, 5) is 4.42. The van der Waals surface area contributed by atoms with E-state index in [4.69, 9.17) is 9.47 Å². The van der Waals surface area contributed by atoms with Gasteiger partial charge in [0.1, 0.15) is 5.82 Å². The van der Waals surface area contributed by atoms with Gasteiger partial charge in [-0.1, -0.05) is 18.2 Å². The topological polar surface area (TPSA) is 48.3 Å². The van der Waals surface area contributed by atoms with Crippen molar-refractivity contribution >= 4 is 0 Å². The molecule has 0 spiro atoms. The molecule has 0 aliphatic rings. The first kappa shape index (κ1) is 15.7. The van der Waals surface area contributed by atoms with E-state index in [0.29, 0.717) is 6.54 Å². The van der Waals surface area contributed by atoms with Crippen LogP contribution in [0.25, 0.3) is 5.69 Å². The van der Waals surface area contributed by atoms with Gasteiger partial charge in [-0.25, -0.2) is 4.98 Å². The van der Waals surface area contributed by atoms with Crippen molar-refractivity contribution in [2.75, 3.05) is 14.2 Å². The third kappa shape index (κ3) is 3.69. The summed E-state index contributed by atoms with van der Waals surface area (Å²) in [6.07, 6.45) is 1.63. The van der Waals surface area contributed by atoms with Crippen molar-refractivity contribution in [1.82, 2.24) is 14.9 Å². The molecule has 0 fully saturated rings. The summed E-state index contributed by atoms with van der Waals surface area (Å²) in [6, 6.07) is 10.3. The van der Waals surface area contributed by atoms with Gasteiger partial charge in [0.2, 0.25) is 0 Å². The first-order chi connectivity index (χ1) is 10.2. The molecule has 0 aliphatic carbocycles. The van der Waals surface area contributed by atoms with E-state index in [9.17, 15) is 0 Å². The highest BCUT2D eigenvalue weighted by molar-refractivity contribution is 5.35. The van der Waals surface area contributed by atoms with Crippen molar-refractivity contribution in [2.45, 2.75) is 32.7 Å². The van der Waals surface area contributed by atoms with Crippen molar-refractivity contribution in [3.8, 4) is 5.69 Å². The van der Waals surface area contributed by atoms with Gasteiger partial charge in [0, 0.05) is 26.5 Å². The fraction of sp³-hybridized carbons (Fsp3) is 0.438. The van der Waals surface area contributed by atoms with E-state index in [1.165, 1.54) is 0 Å². The number of para-hydroxylation sites is 1. The van der Waals surface area contributed by atoms with Gasteiger partial charge < -0.3 is 14.8 Å². The van der Waals surface area contributed by atoms with Crippen LogP contribution in [-0.2, 0) is 16.0 Å². The number of nitrogens with zero attached hydrogens (tertiary/aromatic N) is 2. The minimum atomic E-state index is -0.265. The van der Waals surface area contributed by atoms with Gasteiger partial charge in [0.25, 0.3) is 0 Å². The molecule has 114 valence electrons. The Labute approximate surface area is 125 Å². The van der Waals surface area contributed by atoms with Gasteiger partial charge >= 0.3 is 0 Å². The van der Waals surface area contributed by atoms with E-state index < -0.39 is 0 Å². The lowest BCUT2D eigenvalue weighted by molar-refractivity contribution is -0.119. The largest absolute Gasteiger partial charge is 0.354 e. The zero-order valence-electron chi connectivity index (χ0n) is 13.0. The van der Waals surface area contributed by atoms with Crippen LogP contribution in [0.1, 0.15) is 18.4 Å². The molecular formula is C16H23N3O2. The van der Waals surface area contributed by atoms with Gasteiger partial charge in [0.15, 0.2) is 6.29 Å². The number of methoxy groups -OCH3 is 2. The predicted molar refractivity (Wildman–Crippen MR) is 82.4 cm³/mol. The number of rotatable bonds is 7. The molecular weight excluding hydrogens is 266 g/mol. The van der Waals surface area contributed by atoms with E-state index in [2.05, 4.69) is 27.0 Å². The Balaban J connectivity index is 2.12. The molecule has 0 saturated heterocycles. The minimum absolute atomic E-state index is 0.0828. The van der Waals surface area contributed by atoms with Crippen LogP contribution in [0.4, 0.5) is 0 Å². The lowest BCUT2D eigenvalue weighted by Crippen LogP contribution is -2.39. The average molecular weight is 289 g/mol. The second kappa shape index (κ2) is 7.36. The van der Waals surface area contributed by atoms with Crippen LogP contribution in [0.5, 0.6) is 0 Å². The van der Waals surface area contributed by atoms with Crippen LogP contribution in [0, 0.1) is 6.92 Å². The molecule has 2 aromatic rings. The number of nitrogens with one attached hydrogen (secondary N) is 1. The number of benzene rings is 1. The molecule has 0 saturated carbocycles. The van der Waals surface area contributed by atoms with Gasteiger partial charge in [-0.3, -0.25) is 4.57 Å². The molecule has 1 atom stereocenters. The fourth-order valence-electron chi connectivity index (χ4n) is 2.41. The number of hydrogen-bond donors (Lipinski definition) is 1. The first-order valence-electron chi connectivity index (χ1n) is 7.05. The van der Waals surface area contributed by atoms with E-state index >= 15 is 0 Å². The number of aromatic nitrogens is 2. The molecule has 1 aromatic carbocycles. The molecule has 0 amide bonds. The van der Waals surface area contributed by atoms with Crippen molar-refractivity contribution in [3.05, 3.63) is 48.0 Å². The second-order valence-corrected chi connectivity index (χ2v) is 4.98. The van der Waals surface area contributed by atoms with Crippen LogP contribution >= 0.6 is 0 Å². The zero-order valence-corrected chi connectivity index (χ0v) is 13.0. The maximum atomic E-state index is 5.26. The van der Waals surface area contributed by atoms with Gasteiger partial charge in [-0.15, -0.1) is 0 Å². The van der Waals surface area contributed by atoms with Crippen molar-refractivity contribution in [3.63, 3.8) is 0 Å². The van der Waals surface area contributed by atoms with E-state index in [1.807, 2.05) is 38.2 Å². The van der Waals surface area contributed by atoms with Gasteiger partial charge in [-0.2, -0.15) is 0 Å². The Kier molecular flexibility index (Phi) is 5.50. The Morgan fingerprint density at radius 3 is 2.48 bits per heavy atom. The van der Waals surface area contributed by atoms with Crippen LogP contribution in [0.3, 0.4) is 0 Å². The lowest BCUT2D eigenvalue weighted by atomic mass is 10.3. The van der Waals surface area contributed by atoms with Gasteiger partial charge in [-0.05, 0) is 26.0 Å². The monoisotopic (exact) mass is 289 g/mol. The maximum absolute atomic E-state index is 5.26. The second-order valence-electron chi connectivity index (χ2n) is 4.98. The van der Waals surface area contributed by atoms with Crippen LogP contribution in [0.2, 0.25) is 0 Å². The average Bonchev–Trinajstić information content (AvgIpc) is 2.88. The Morgan fingerprint density at radius 2 is 1.86 bits per heavy atom. The van der Waals surface area contributed by atoms with Crippen molar-refractivity contribution in [2.24, 2.45) is 0 Å². The van der Waals surface area contributed by atoms with E-state index in [1.54, 1.807) is 14.2 Å². The summed E-state index contributed by atoms with van der Waals surface area (Å²) >= 11 is 0. The summed E-state index contributed by atoms with van der Waals surface area (Å²) in [5, 5.41) is 3.41. The predicted octanol–water partition coefficient (Wildman–Crippen LogP) is 2.28. The molecule has 1 aromatic heterocycles. The number of hydrogen-bond acceptors (Lipinski definition) is 4. The summed E-state index contributed by atoms with van der Waals surface area (Å²) in [5.74, 6) is 0.973. The van der Waals surface area contributed by atoms with Crippen LogP contribution in [0.15, 0.2) is 36.5 Å². The molecule has 0 bridgehead atoms. The molecule has 2 rings (SSSR count). The number of ether oxygens (including phenoxy) is 2. The van der Waals surface area contributed by atoms with Gasteiger partial charge in [0.05, 0.1) is 17.9 Å². The lowest BCUT2D eigenvalue weighted by Gasteiger charge is -2.22. The third-order valence-corrected chi connectivity index (χ3v) is 3.50. The van der Waals surface area contributed by atoms with Crippen molar-refractivity contribution < 1.29 is 9.47 Å². The number of aryl methyl sites for hydroxylation is 1. The molecule has 1 heterocycles. The fourth-order valence-corrected chi connectivity index (χ4v) is 2.41. The molecule has 0 aliphatic heterocycles. The highest BCUT2D eigenvalue weighted by atomic mass is 16.7. The SMILES string of the molecule is COC(OC)C(C)NCc1cnc(C)n1-c1ccccc1. The summed E-state index contributed by atoms with van der Waals surface area (Å²) in [6.45, 7) is 4.74. The zero-order chi connectivity index (χ0) is 15.2. The molecule has 1 unspecified atom stereocenters. The Bertz CT molecular complexity index is 550. The molecule has 1 N–H and O–H groups in total. The van der Waals surface area contributed by atoms with Crippen LogP contribution < -0.4 is 5.32 Å². The van der Waals surface area contributed by atoms with Crippen LogP contribution in [-0.4, -0.2) is 36.1 Å². The Morgan fingerprint density at radius 1 is 1.19 bits per heavy atom. The highest BCUT2D eigenvalue weighted by Crippen LogP contribution is 2.14. The normalized spacial score (nSPS) is 12.8. The first-order valence-corrected chi connectivity index (χ1v) is 7.05. The highest BCUT2D eigenvalue weighted by Gasteiger charge is 2.16. The molecule has 21 heavy (non-hydrogen) atoms. The molecule has 5 heteroatoms. The molecule has 0 radical (unpaired) electrons. The standard InChI is InChI=1S/C16H23N3O2/c1-12(16(20-3)21-4)17-10-15-11-18-13(2)19(15)14-8-6-5-7-9-14/h5-9,11-12,16-17H,10H2,1-4H3. The number of imidazole rings is 1. The summed E-state index contributed by atoms with van der Waals surface area (Å²) < 4.78 is 12.7. The molecule has 5 nitrogen and oxygen atoms in total. The summed E-state index contributed by atoms with van der Waals surface area (Å²) in [7, 11) is 3.29. The minimum Gasteiger partial charge on any atom is -0.354 e. The smallest absolute Gasteiger partial charge is 0.171 e. The summed E-state index contributed by atoms with van der Waals surface area (Å²) in [5.41, 5.74) is 2.23. The van der Waals surface area contributed by atoms with Crippen molar-refractivity contribution in [1.29, 1.82) is 0 Å². The maximum Gasteiger partial charge on any atom is 0.171 e.